The van der Waals surface area contributed by atoms with Crippen LogP contribution in [0, 0.1) is 5.95 Å². The van der Waals surface area contributed by atoms with E-state index in [2.05, 4.69) is 35.9 Å². The van der Waals surface area contributed by atoms with Gasteiger partial charge in [0.1, 0.15) is 0 Å². The fraction of sp³-hybridized carbons (Fsp3) is 0.583. The Bertz CT molecular complexity index is 652. The number of rotatable bonds is 13. The van der Waals surface area contributed by atoms with Crippen LogP contribution in [0.2, 0.25) is 0 Å². The Labute approximate surface area is 164 Å². The predicted octanol–water partition coefficient (Wildman–Crippen LogP) is 7.31. The minimum Gasteiger partial charge on any atom is -0.236 e. The van der Waals surface area contributed by atoms with E-state index in [1.54, 1.807) is 6.20 Å². The van der Waals surface area contributed by atoms with Gasteiger partial charge in [-0.25, -0.2) is 4.98 Å². The van der Waals surface area contributed by atoms with Crippen LogP contribution in [0.15, 0.2) is 30.5 Å². The molecule has 0 bridgehead atoms. The summed E-state index contributed by atoms with van der Waals surface area (Å²) in [6.45, 7) is 4.41. The highest BCUT2D eigenvalue weighted by atomic mass is 19.1. The molecule has 2 rings (SSSR count). The van der Waals surface area contributed by atoms with Crippen LogP contribution in [-0.2, 0) is 12.8 Å². The molecule has 1 aromatic carbocycles. The van der Waals surface area contributed by atoms with Crippen molar-refractivity contribution in [2.75, 3.05) is 0 Å². The zero-order chi connectivity index (χ0) is 19.3. The summed E-state index contributed by atoms with van der Waals surface area (Å²) in [6, 6.07) is 8.13. The molecule has 0 aliphatic heterocycles. The fourth-order valence-corrected chi connectivity index (χ4v) is 3.43. The summed E-state index contributed by atoms with van der Waals surface area (Å²) in [5.41, 5.74) is 2.82. The zero-order valence-electron chi connectivity index (χ0n) is 17.1. The molecule has 0 amide bonds. The smallest absolute Gasteiger partial charge is 0.219 e. The van der Waals surface area contributed by atoms with Gasteiger partial charge in [0.2, 0.25) is 5.95 Å². The van der Waals surface area contributed by atoms with Gasteiger partial charge in [-0.2, -0.15) is 9.37 Å². The van der Waals surface area contributed by atoms with E-state index in [1.165, 1.54) is 50.5 Å². The first kappa shape index (κ1) is 21.5. The fourth-order valence-electron chi connectivity index (χ4n) is 3.43. The summed E-state index contributed by atoms with van der Waals surface area (Å²) in [5.74, 6) is 0.114. The zero-order valence-corrected chi connectivity index (χ0v) is 17.1. The lowest BCUT2D eigenvalue weighted by Gasteiger charge is -2.06. The highest BCUT2D eigenvalue weighted by Gasteiger charge is 2.08. The topological polar surface area (TPSA) is 25.8 Å². The Hall–Kier alpha value is -1.77. The molecule has 0 saturated carbocycles. The maximum Gasteiger partial charge on any atom is 0.219 e. The molecule has 0 radical (unpaired) electrons. The van der Waals surface area contributed by atoms with E-state index in [0.29, 0.717) is 11.4 Å². The highest BCUT2D eigenvalue weighted by molar-refractivity contribution is 5.55. The van der Waals surface area contributed by atoms with Crippen molar-refractivity contribution < 1.29 is 4.39 Å². The molecular formula is C24H35FN2. The third-order valence-electron chi connectivity index (χ3n) is 5.11. The molecule has 2 nitrogen and oxygen atoms in total. The maximum absolute atomic E-state index is 14.3. The summed E-state index contributed by atoms with van der Waals surface area (Å²) in [4.78, 5) is 8.49. The average molecular weight is 371 g/mol. The SMILES string of the molecule is CCCCCCCCCCCc1cnc(-c2ccc(CCC)cc2)nc1F. The van der Waals surface area contributed by atoms with Crippen LogP contribution in [0.5, 0.6) is 0 Å². The molecule has 0 spiro atoms. The van der Waals surface area contributed by atoms with Crippen LogP contribution in [0.25, 0.3) is 11.4 Å². The Morgan fingerprint density at radius 3 is 1.96 bits per heavy atom. The van der Waals surface area contributed by atoms with Gasteiger partial charge >= 0.3 is 0 Å². The first-order valence-corrected chi connectivity index (χ1v) is 10.8. The predicted molar refractivity (Wildman–Crippen MR) is 112 cm³/mol. The molecule has 1 heterocycles. The van der Waals surface area contributed by atoms with Crippen molar-refractivity contribution >= 4 is 0 Å². The van der Waals surface area contributed by atoms with E-state index in [0.717, 1.165) is 37.7 Å². The van der Waals surface area contributed by atoms with Crippen LogP contribution >= 0.6 is 0 Å². The largest absolute Gasteiger partial charge is 0.236 e. The van der Waals surface area contributed by atoms with Crippen molar-refractivity contribution in [1.82, 2.24) is 9.97 Å². The average Bonchev–Trinajstić information content (AvgIpc) is 2.68. The second kappa shape index (κ2) is 12.6. The summed E-state index contributed by atoms with van der Waals surface area (Å²) < 4.78 is 14.3. The number of nitrogens with zero attached hydrogens (tertiary/aromatic N) is 2. The van der Waals surface area contributed by atoms with E-state index in [9.17, 15) is 4.39 Å². The molecule has 0 unspecified atom stereocenters. The van der Waals surface area contributed by atoms with Gasteiger partial charge < -0.3 is 0 Å². The van der Waals surface area contributed by atoms with E-state index in [1.807, 2.05) is 12.1 Å². The molecular weight excluding hydrogens is 335 g/mol. The summed E-state index contributed by atoms with van der Waals surface area (Å²) in [7, 11) is 0. The second-order valence-corrected chi connectivity index (χ2v) is 7.54. The molecule has 1 aromatic heterocycles. The Balaban J connectivity index is 1.74. The lowest BCUT2D eigenvalue weighted by molar-refractivity contribution is 0.542. The van der Waals surface area contributed by atoms with Gasteiger partial charge in [-0.15, -0.1) is 0 Å². The first-order chi connectivity index (χ1) is 13.2. The normalized spacial score (nSPS) is 11.1. The minimum absolute atomic E-state index is 0.364. The van der Waals surface area contributed by atoms with E-state index in [4.69, 9.17) is 0 Å². The van der Waals surface area contributed by atoms with Gasteiger partial charge in [0.05, 0.1) is 0 Å². The molecule has 0 fully saturated rings. The molecule has 0 aliphatic carbocycles. The number of aromatic nitrogens is 2. The molecule has 148 valence electrons. The van der Waals surface area contributed by atoms with Gasteiger partial charge in [0.25, 0.3) is 0 Å². The number of unbranched alkanes of at least 4 members (excludes halogenated alkanes) is 8. The molecule has 27 heavy (non-hydrogen) atoms. The number of hydrogen-bond donors (Lipinski definition) is 0. The van der Waals surface area contributed by atoms with Gasteiger partial charge in [-0.05, 0) is 24.8 Å². The highest BCUT2D eigenvalue weighted by Crippen LogP contribution is 2.19. The number of benzene rings is 1. The molecule has 0 atom stereocenters. The molecule has 3 heteroatoms. The lowest BCUT2D eigenvalue weighted by atomic mass is 10.0. The van der Waals surface area contributed by atoms with Crippen molar-refractivity contribution in [3.63, 3.8) is 0 Å². The van der Waals surface area contributed by atoms with Crippen molar-refractivity contribution in [2.45, 2.75) is 90.9 Å². The van der Waals surface area contributed by atoms with E-state index < -0.39 is 0 Å². The summed E-state index contributed by atoms with van der Waals surface area (Å²) in [6.07, 6.45) is 16.0. The van der Waals surface area contributed by atoms with Gasteiger partial charge in [0, 0.05) is 17.3 Å². The van der Waals surface area contributed by atoms with E-state index in [-0.39, 0.29) is 5.95 Å². The Morgan fingerprint density at radius 2 is 1.37 bits per heavy atom. The van der Waals surface area contributed by atoms with Crippen molar-refractivity contribution in [1.29, 1.82) is 0 Å². The summed E-state index contributed by atoms with van der Waals surface area (Å²) >= 11 is 0. The number of halogens is 1. The summed E-state index contributed by atoms with van der Waals surface area (Å²) in [5, 5.41) is 0. The second-order valence-electron chi connectivity index (χ2n) is 7.54. The van der Waals surface area contributed by atoms with Gasteiger partial charge in [-0.3, -0.25) is 0 Å². The van der Waals surface area contributed by atoms with Crippen molar-refractivity contribution in [3.05, 3.63) is 47.5 Å². The van der Waals surface area contributed by atoms with E-state index >= 15 is 0 Å². The quantitative estimate of drug-likeness (QED) is 0.273. The van der Waals surface area contributed by atoms with Crippen LogP contribution in [0.3, 0.4) is 0 Å². The number of hydrogen-bond acceptors (Lipinski definition) is 2. The lowest BCUT2D eigenvalue weighted by Crippen LogP contribution is -1.99. The van der Waals surface area contributed by atoms with Crippen molar-refractivity contribution in [2.24, 2.45) is 0 Å². The van der Waals surface area contributed by atoms with Crippen molar-refractivity contribution in [3.8, 4) is 11.4 Å². The third kappa shape index (κ3) is 7.78. The van der Waals surface area contributed by atoms with Gasteiger partial charge in [0.15, 0.2) is 5.82 Å². The molecule has 2 aromatic rings. The van der Waals surface area contributed by atoms with Crippen LogP contribution in [0.4, 0.5) is 4.39 Å². The van der Waals surface area contributed by atoms with Gasteiger partial charge in [-0.1, -0.05) is 95.9 Å². The number of aryl methyl sites for hydroxylation is 2. The molecule has 0 N–H and O–H groups in total. The van der Waals surface area contributed by atoms with Crippen LogP contribution in [-0.4, -0.2) is 9.97 Å². The Morgan fingerprint density at radius 1 is 0.741 bits per heavy atom. The Kier molecular flexibility index (Phi) is 10.0. The first-order valence-electron chi connectivity index (χ1n) is 10.8. The molecule has 0 aliphatic rings. The third-order valence-corrected chi connectivity index (χ3v) is 5.11. The molecule has 0 saturated heterocycles. The van der Waals surface area contributed by atoms with Crippen LogP contribution < -0.4 is 0 Å². The standard InChI is InChI=1S/C24H35FN2/c1-3-5-6-7-8-9-10-11-12-14-22-19-26-24(27-23(22)25)21-17-15-20(13-4-2)16-18-21/h15-19H,3-14H2,1-2H3. The maximum atomic E-state index is 14.3. The monoisotopic (exact) mass is 370 g/mol. The van der Waals surface area contributed by atoms with Crippen LogP contribution in [0.1, 0.15) is 89.2 Å². The minimum atomic E-state index is -0.364.